The number of rotatable bonds is 10. The van der Waals surface area contributed by atoms with Gasteiger partial charge >= 0.3 is 5.97 Å². The number of amides is 2. The summed E-state index contributed by atoms with van der Waals surface area (Å²) >= 11 is 6.95. The molecule has 1 aliphatic carbocycles. The number of aliphatic carboxylic acids is 1. The molecular weight excluding hydrogens is 706 g/mol. The fourth-order valence-corrected chi connectivity index (χ4v) is 8.56. The van der Waals surface area contributed by atoms with Crippen molar-refractivity contribution in [1.29, 1.82) is 5.26 Å². The second-order valence-corrected chi connectivity index (χ2v) is 15.1. The predicted octanol–water partition coefficient (Wildman–Crippen LogP) is 5.87. The molecule has 7 rings (SSSR count). The highest BCUT2D eigenvalue weighted by molar-refractivity contribution is 6.36. The van der Waals surface area contributed by atoms with E-state index < -0.39 is 17.8 Å². The van der Waals surface area contributed by atoms with Crippen molar-refractivity contribution in [2.24, 2.45) is 25.9 Å². The van der Waals surface area contributed by atoms with Crippen LogP contribution in [0.4, 0.5) is 11.4 Å². The van der Waals surface area contributed by atoms with Crippen molar-refractivity contribution < 1.29 is 19.5 Å². The van der Waals surface area contributed by atoms with Crippen LogP contribution in [0.15, 0.2) is 36.4 Å². The normalized spacial score (nSPS) is 18.7. The Morgan fingerprint density at radius 2 is 1.41 bits per heavy atom. The van der Waals surface area contributed by atoms with E-state index in [1.165, 1.54) is 0 Å². The number of fused-ring (bicyclic) bond motifs is 2. The lowest BCUT2D eigenvalue weighted by atomic mass is 9.80. The molecule has 4 aromatic rings. The van der Waals surface area contributed by atoms with E-state index in [-0.39, 0.29) is 28.2 Å². The van der Waals surface area contributed by atoms with Crippen LogP contribution in [0, 0.1) is 23.2 Å². The van der Waals surface area contributed by atoms with Crippen LogP contribution in [0.25, 0.3) is 11.1 Å². The number of hydrogen-bond donors (Lipinski definition) is 3. The smallest absolute Gasteiger partial charge is 0.306 e. The van der Waals surface area contributed by atoms with Crippen LogP contribution < -0.4 is 10.6 Å². The third-order valence-corrected chi connectivity index (χ3v) is 11.9. The Morgan fingerprint density at radius 3 is 2.00 bits per heavy atom. The van der Waals surface area contributed by atoms with Crippen molar-refractivity contribution in [3.05, 3.63) is 81.4 Å². The van der Waals surface area contributed by atoms with Crippen molar-refractivity contribution in [2.75, 3.05) is 36.8 Å². The number of nitrogens with zero attached hydrogens (tertiary/aromatic N) is 7. The van der Waals surface area contributed by atoms with Crippen molar-refractivity contribution in [2.45, 2.75) is 65.0 Å². The molecule has 2 amide bonds. The maximum atomic E-state index is 13.7. The molecule has 4 heterocycles. The topological polar surface area (TPSA) is 161 Å². The van der Waals surface area contributed by atoms with E-state index in [0.717, 1.165) is 93.9 Å². The Balaban J connectivity index is 1.04. The standard InChI is InChI=1S/C40H46ClN9O4/c1-4-49-19-16-33-31(22-49)43-36(47(33)2)38(51)45-29-9-5-7-26(28(29)21-42)27-8-6-10-30(35(27)41)46-39(52)37-44-32-23-50(20-17-34(32)48(37)3)18-15-24-11-13-25(14-12-24)40(53)54/h5-10,24-25H,4,11-20,22-23H2,1-3H3,(H,45,51)(H,46,52)(H,53,54). The predicted molar refractivity (Wildman–Crippen MR) is 205 cm³/mol. The van der Waals surface area contributed by atoms with Gasteiger partial charge in [-0.1, -0.05) is 42.8 Å². The number of halogens is 1. The monoisotopic (exact) mass is 751 g/mol. The largest absolute Gasteiger partial charge is 0.481 e. The molecule has 0 atom stereocenters. The van der Waals surface area contributed by atoms with E-state index >= 15 is 0 Å². The van der Waals surface area contributed by atoms with Gasteiger partial charge in [-0.2, -0.15) is 5.26 Å². The minimum atomic E-state index is -0.675. The third-order valence-electron chi connectivity index (χ3n) is 11.5. The van der Waals surface area contributed by atoms with Gasteiger partial charge in [-0.25, -0.2) is 9.97 Å². The summed E-state index contributed by atoms with van der Waals surface area (Å²) in [6.07, 6.45) is 6.05. The maximum Gasteiger partial charge on any atom is 0.306 e. The number of benzene rings is 2. The fourth-order valence-electron chi connectivity index (χ4n) is 8.29. The van der Waals surface area contributed by atoms with Crippen molar-refractivity contribution in [3.63, 3.8) is 0 Å². The minimum Gasteiger partial charge on any atom is -0.481 e. The van der Waals surface area contributed by atoms with Crippen LogP contribution in [0.5, 0.6) is 0 Å². The summed E-state index contributed by atoms with van der Waals surface area (Å²) in [5.74, 6) is -0.559. The molecule has 0 unspecified atom stereocenters. The van der Waals surface area contributed by atoms with Crippen LogP contribution >= 0.6 is 11.6 Å². The molecule has 2 aromatic heterocycles. The van der Waals surface area contributed by atoms with Crippen LogP contribution in [-0.2, 0) is 44.8 Å². The number of aromatic nitrogens is 4. The van der Waals surface area contributed by atoms with E-state index in [1.807, 2.05) is 23.2 Å². The van der Waals surface area contributed by atoms with Gasteiger partial charge in [0.2, 0.25) is 0 Å². The molecule has 3 aliphatic rings. The quantitative estimate of drug-likeness (QED) is 0.180. The van der Waals surface area contributed by atoms with Gasteiger partial charge in [-0.3, -0.25) is 24.2 Å². The van der Waals surface area contributed by atoms with Gasteiger partial charge in [0.1, 0.15) is 6.07 Å². The number of carbonyl (C=O) groups excluding carboxylic acids is 2. The Bertz CT molecular complexity index is 2140. The molecule has 282 valence electrons. The summed E-state index contributed by atoms with van der Waals surface area (Å²) in [6, 6.07) is 12.7. The Kier molecular flexibility index (Phi) is 10.9. The lowest BCUT2D eigenvalue weighted by Crippen LogP contribution is -2.33. The molecule has 14 heteroatoms. The molecule has 0 bridgehead atoms. The zero-order valence-electron chi connectivity index (χ0n) is 31.0. The first-order valence-corrected chi connectivity index (χ1v) is 19.1. The molecule has 0 spiro atoms. The Hall–Kier alpha value is -5.03. The van der Waals surface area contributed by atoms with E-state index in [0.29, 0.717) is 41.5 Å². The van der Waals surface area contributed by atoms with E-state index in [4.69, 9.17) is 16.6 Å². The molecule has 2 aromatic carbocycles. The molecular formula is C40H46ClN9O4. The number of carbonyl (C=O) groups is 3. The van der Waals surface area contributed by atoms with Crippen LogP contribution in [-0.4, -0.2) is 78.0 Å². The summed E-state index contributed by atoms with van der Waals surface area (Å²) in [5.41, 5.74) is 5.84. The summed E-state index contributed by atoms with van der Waals surface area (Å²) < 4.78 is 3.69. The highest BCUT2D eigenvalue weighted by Crippen LogP contribution is 2.38. The van der Waals surface area contributed by atoms with E-state index in [9.17, 15) is 24.8 Å². The molecule has 2 aliphatic heterocycles. The number of hydrogen-bond acceptors (Lipinski definition) is 8. The first kappa shape index (κ1) is 37.3. The number of likely N-dealkylation sites (N-methyl/N-ethyl adjacent to an activating group) is 1. The highest BCUT2D eigenvalue weighted by Gasteiger charge is 2.30. The van der Waals surface area contributed by atoms with E-state index in [1.54, 1.807) is 36.4 Å². The van der Waals surface area contributed by atoms with Crippen LogP contribution in [0.2, 0.25) is 5.02 Å². The maximum absolute atomic E-state index is 13.7. The van der Waals surface area contributed by atoms with Crippen molar-refractivity contribution in [3.8, 4) is 17.2 Å². The Labute approximate surface area is 319 Å². The highest BCUT2D eigenvalue weighted by atomic mass is 35.5. The van der Waals surface area contributed by atoms with Gasteiger partial charge in [-0.05, 0) is 63.2 Å². The van der Waals surface area contributed by atoms with Gasteiger partial charge in [0.15, 0.2) is 11.6 Å². The van der Waals surface area contributed by atoms with Gasteiger partial charge < -0.3 is 24.9 Å². The second kappa shape index (κ2) is 15.8. The summed E-state index contributed by atoms with van der Waals surface area (Å²) in [6.45, 7) is 7.06. The zero-order chi connectivity index (χ0) is 38.1. The lowest BCUT2D eigenvalue weighted by molar-refractivity contribution is -0.143. The average molecular weight is 752 g/mol. The fraction of sp³-hybridized carbons (Fsp3) is 0.450. The first-order chi connectivity index (χ1) is 26.1. The summed E-state index contributed by atoms with van der Waals surface area (Å²) in [4.78, 5) is 52.6. The first-order valence-electron chi connectivity index (χ1n) is 18.8. The SMILES string of the molecule is CCN1CCc2c(nc(C(=O)Nc3cccc(-c4cccc(NC(=O)c5nc6c(n5C)CCN(CCC5CCC(C(=O)O)CC5)C6)c4Cl)c3C#N)n2C)C1. The number of nitriles is 1. The third kappa shape index (κ3) is 7.38. The number of carboxylic acids is 1. The van der Waals surface area contributed by atoms with E-state index in [2.05, 4.69) is 38.4 Å². The minimum absolute atomic E-state index is 0.203. The molecule has 1 saturated carbocycles. The van der Waals surface area contributed by atoms with Gasteiger partial charge in [0, 0.05) is 75.6 Å². The van der Waals surface area contributed by atoms with Gasteiger partial charge in [0.05, 0.1) is 39.3 Å². The van der Waals surface area contributed by atoms with Gasteiger partial charge in [0.25, 0.3) is 11.8 Å². The number of nitrogens with one attached hydrogen (secondary N) is 2. The summed E-state index contributed by atoms with van der Waals surface area (Å²) in [7, 11) is 3.70. The average Bonchev–Trinajstić information content (AvgIpc) is 3.69. The molecule has 0 saturated heterocycles. The molecule has 1 fully saturated rings. The number of anilines is 2. The van der Waals surface area contributed by atoms with Gasteiger partial charge in [-0.15, -0.1) is 0 Å². The lowest BCUT2D eigenvalue weighted by Gasteiger charge is -2.30. The molecule has 54 heavy (non-hydrogen) atoms. The number of imidazole rings is 2. The van der Waals surface area contributed by atoms with Crippen LogP contribution in [0.3, 0.4) is 0 Å². The molecule has 13 nitrogen and oxygen atoms in total. The zero-order valence-corrected chi connectivity index (χ0v) is 31.7. The van der Waals surface area contributed by atoms with Crippen molar-refractivity contribution in [1.82, 2.24) is 28.9 Å². The van der Waals surface area contributed by atoms with Crippen LogP contribution in [0.1, 0.15) is 88.6 Å². The molecule has 3 N–H and O–H groups in total. The molecule has 0 radical (unpaired) electrons. The second-order valence-electron chi connectivity index (χ2n) is 14.7. The van der Waals surface area contributed by atoms with Crippen molar-refractivity contribution >= 4 is 40.8 Å². The Morgan fingerprint density at radius 1 is 0.852 bits per heavy atom. The number of carboxylic acid groups (broad SMARTS) is 1. The summed E-state index contributed by atoms with van der Waals surface area (Å²) in [5, 5.41) is 25.7.